The molecule has 0 saturated carbocycles. The van der Waals surface area contributed by atoms with Gasteiger partial charge >= 0.3 is 6.03 Å². The van der Waals surface area contributed by atoms with Crippen molar-refractivity contribution in [3.8, 4) is 11.3 Å². The Morgan fingerprint density at radius 3 is 2.83 bits per heavy atom. The lowest BCUT2D eigenvalue weighted by Gasteiger charge is -2.33. The summed E-state index contributed by atoms with van der Waals surface area (Å²) in [4.78, 5) is 23.3. The minimum atomic E-state index is -0.282. The quantitative estimate of drug-likeness (QED) is 0.501. The van der Waals surface area contributed by atoms with Crippen LogP contribution < -0.4 is 15.5 Å². The number of anilines is 2. The van der Waals surface area contributed by atoms with E-state index in [-0.39, 0.29) is 18.7 Å². The summed E-state index contributed by atoms with van der Waals surface area (Å²) in [6, 6.07) is 7.31. The van der Waals surface area contributed by atoms with Crippen LogP contribution in [0.5, 0.6) is 0 Å². The number of amides is 2. The molecule has 1 saturated heterocycles. The SMILES string of the molecule is CNC(=O)Nc1ccc(-c2nc(N3CCOC[C@H]3C)nc3[nH]nc(CCO)c23)cc1. The van der Waals surface area contributed by atoms with E-state index in [4.69, 9.17) is 14.7 Å². The van der Waals surface area contributed by atoms with Gasteiger partial charge in [-0.15, -0.1) is 0 Å². The number of ether oxygens (including phenoxy) is 1. The Morgan fingerprint density at radius 1 is 1.33 bits per heavy atom. The minimum absolute atomic E-state index is 0.0172. The lowest BCUT2D eigenvalue weighted by Crippen LogP contribution is -2.44. The number of fused-ring (bicyclic) bond motifs is 1. The van der Waals surface area contributed by atoms with Crippen molar-refractivity contribution in [2.45, 2.75) is 19.4 Å². The van der Waals surface area contributed by atoms with Crippen LogP contribution in [0.2, 0.25) is 0 Å². The van der Waals surface area contributed by atoms with Crippen molar-refractivity contribution in [3.05, 3.63) is 30.0 Å². The number of urea groups is 1. The predicted molar refractivity (Wildman–Crippen MR) is 114 cm³/mol. The first kappa shape index (κ1) is 20.0. The van der Waals surface area contributed by atoms with E-state index in [1.165, 1.54) is 0 Å². The molecule has 1 fully saturated rings. The van der Waals surface area contributed by atoms with Crippen LogP contribution >= 0.6 is 0 Å². The van der Waals surface area contributed by atoms with E-state index in [0.29, 0.717) is 43.5 Å². The molecule has 2 amide bonds. The summed E-state index contributed by atoms with van der Waals surface area (Å²) < 4.78 is 5.54. The van der Waals surface area contributed by atoms with Crippen LogP contribution in [-0.2, 0) is 11.2 Å². The smallest absolute Gasteiger partial charge is 0.318 e. The second-order valence-electron chi connectivity index (χ2n) is 7.14. The van der Waals surface area contributed by atoms with Gasteiger partial charge in [0.15, 0.2) is 5.65 Å². The number of morpholine rings is 1. The second-order valence-corrected chi connectivity index (χ2v) is 7.14. The Kier molecular flexibility index (Phi) is 5.77. The first-order valence-electron chi connectivity index (χ1n) is 9.90. The molecule has 1 aliphatic heterocycles. The molecule has 4 rings (SSSR count). The third-order valence-corrected chi connectivity index (χ3v) is 5.10. The van der Waals surface area contributed by atoms with Gasteiger partial charge in [-0.2, -0.15) is 10.1 Å². The molecule has 1 aliphatic rings. The van der Waals surface area contributed by atoms with Gasteiger partial charge in [-0.05, 0) is 19.1 Å². The topological polar surface area (TPSA) is 128 Å². The Balaban J connectivity index is 1.79. The average Bonchev–Trinajstić information content (AvgIpc) is 3.17. The zero-order valence-corrected chi connectivity index (χ0v) is 17.0. The average molecular weight is 411 g/mol. The van der Waals surface area contributed by atoms with E-state index < -0.39 is 0 Å². The Morgan fingerprint density at radius 2 is 2.13 bits per heavy atom. The first-order valence-corrected chi connectivity index (χ1v) is 9.90. The van der Waals surface area contributed by atoms with Gasteiger partial charge in [-0.3, -0.25) is 5.10 Å². The molecular formula is C20H25N7O3. The predicted octanol–water partition coefficient (Wildman–Crippen LogP) is 1.53. The molecule has 0 unspecified atom stereocenters. The van der Waals surface area contributed by atoms with E-state index in [1.54, 1.807) is 7.05 Å². The monoisotopic (exact) mass is 411 g/mol. The molecule has 0 bridgehead atoms. The zero-order valence-electron chi connectivity index (χ0n) is 17.0. The summed E-state index contributed by atoms with van der Waals surface area (Å²) in [5, 5.41) is 22.8. The van der Waals surface area contributed by atoms with Crippen LogP contribution in [0.25, 0.3) is 22.3 Å². The van der Waals surface area contributed by atoms with Gasteiger partial charge in [0.05, 0.1) is 36.0 Å². The molecule has 3 heterocycles. The number of carbonyl (C=O) groups is 1. The molecule has 10 heteroatoms. The molecule has 30 heavy (non-hydrogen) atoms. The van der Waals surface area contributed by atoms with Crippen LogP contribution in [-0.4, -0.2) is 70.8 Å². The molecule has 4 N–H and O–H groups in total. The summed E-state index contributed by atoms with van der Waals surface area (Å²) in [5.74, 6) is 0.611. The van der Waals surface area contributed by atoms with E-state index in [0.717, 1.165) is 22.3 Å². The highest BCUT2D eigenvalue weighted by atomic mass is 16.5. The number of benzene rings is 1. The molecule has 0 radical (unpaired) electrons. The fourth-order valence-electron chi connectivity index (χ4n) is 3.53. The van der Waals surface area contributed by atoms with Crippen molar-refractivity contribution in [1.29, 1.82) is 0 Å². The van der Waals surface area contributed by atoms with E-state index in [9.17, 15) is 9.90 Å². The highest BCUT2D eigenvalue weighted by molar-refractivity contribution is 5.94. The Bertz CT molecular complexity index is 1030. The molecule has 10 nitrogen and oxygen atoms in total. The number of H-pyrrole nitrogens is 1. The number of aromatic amines is 1. The van der Waals surface area contributed by atoms with Gasteiger partial charge < -0.3 is 25.4 Å². The van der Waals surface area contributed by atoms with Gasteiger partial charge in [0.2, 0.25) is 5.95 Å². The van der Waals surface area contributed by atoms with Crippen molar-refractivity contribution >= 4 is 28.7 Å². The molecule has 158 valence electrons. The number of nitrogens with one attached hydrogen (secondary N) is 3. The van der Waals surface area contributed by atoms with Crippen LogP contribution in [0, 0.1) is 0 Å². The van der Waals surface area contributed by atoms with Crippen LogP contribution in [0.4, 0.5) is 16.4 Å². The maximum Gasteiger partial charge on any atom is 0.318 e. The van der Waals surface area contributed by atoms with Gasteiger partial charge in [0.1, 0.15) is 0 Å². The third-order valence-electron chi connectivity index (χ3n) is 5.10. The standard InChI is InChI=1S/C20H25N7O3/c1-12-11-30-10-8-27(12)19-23-17(16-15(7-9-28)25-26-18(16)24-19)13-3-5-14(6-4-13)22-20(29)21-2/h3-6,12,28H,7-11H2,1-2H3,(H2,21,22,29)(H,23,24,25,26)/t12-/m1/s1. The normalized spacial score (nSPS) is 16.6. The van der Waals surface area contributed by atoms with Gasteiger partial charge in [-0.25, -0.2) is 9.78 Å². The second kappa shape index (κ2) is 8.64. The summed E-state index contributed by atoms with van der Waals surface area (Å²) >= 11 is 0. The Hall–Kier alpha value is -3.24. The van der Waals surface area contributed by atoms with Gasteiger partial charge in [0.25, 0.3) is 0 Å². The Labute approximate surface area is 173 Å². The molecule has 1 aromatic carbocycles. The first-order chi connectivity index (χ1) is 14.6. The fraction of sp³-hybridized carbons (Fsp3) is 0.400. The number of hydrogen-bond acceptors (Lipinski definition) is 7. The summed E-state index contributed by atoms with van der Waals surface area (Å²) in [7, 11) is 1.57. The van der Waals surface area contributed by atoms with Crippen LogP contribution in [0.15, 0.2) is 24.3 Å². The van der Waals surface area contributed by atoms with E-state index >= 15 is 0 Å². The number of nitrogens with zero attached hydrogens (tertiary/aromatic N) is 4. The van der Waals surface area contributed by atoms with E-state index in [1.807, 2.05) is 24.3 Å². The largest absolute Gasteiger partial charge is 0.396 e. The molecule has 0 aliphatic carbocycles. The molecule has 3 aromatic rings. The lowest BCUT2D eigenvalue weighted by atomic mass is 10.1. The zero-order chi connectivity index (χ0) is 21.1. The number of aliphatic hydroxyl groups excluding tert-OH is 1. The van der Waals surface area contributed by atoms with Gasteiger partial charge in [0, 0.05) is 37.9 Å². The highest BCUT2D eigenvalue weighted by Crippen LogP contribution is 2.31. The summed E-state index contributed by atoms with van der Waals surface area (Å²) in [5.41, 5.74) is 3.62. The molecule has 1 atom stereocenters. The maximum atomic E-state index is 11.5. The number of carbonyl (C=O) groups excluding carboxylic acids is 1. The number of aliphatic hydroxyl groups is 1. The van der Waals surface area contributed by atoms with Crippen LogP contribution in [0.3, 0.4) is 0 Å². The minimum Gasteiger partial charge on any atom is -0.396 e. The lowest BCUT2D eigenvalue weighted by molar-refractivity contribution is 0.0981. The van der Waals surface area contributed by atoms with Gasteiger partial charge in [-0.1, -0.05) is 12.1 Å². The summed E-state index contributed by atoms with van der Waals surface area (Å²) in [6.07, 6.45) is 0.403. The highest BCUT2D eigenvalue weighted by Gasteiger charge is 2.24. The van der Waals surface area contributed by atoms with E-state index in [2.05, 4.69) is 32.7 Å². The molecular weight excluding hydrogens is 386 g/mol. The van der Waals surface area contributed by atoms with Crippen molar-refractivity contribution in [3.63, 3.8) is 0 Å². The number of hydrogen-bond donors (Lipinski definition) is 4. The van der Waals surface area contributed by atoms with Crippen molar-refractivity contribution < 1.29 is 14.6 Å². The molecule has 0 spiro atoms. The van der Waals surface area contributed by atoms with Crippen molar-refractivity contribution in [1.82, 2.24) is 25.5 Å². The number of aromatic nitrogens is 4. The fourth-order valence-corrected chi connectivity index (χ4v) is 3.53. The summed E-state index contributed by atoms with van der Waals surface area (Å²) in [6.45, 7) is 4.01. The van der Waals surface area contributed by atoms with Crippen molar-refractivity contribution in [2.75, 3.05) is 43.6 Å². The number of rotatable bonds is 5. The molecule has 2 aromatic heterocycles. The maximum absolute atomic E-state index is 11.5. The van der Waals surface area contributed by atoms with Crippen LogP contribution in [0.1, 0.15) is 12.6 Å². The third kappa shape index (κ3) is 3.91. The van der Waals surface area contributed by atoms with Crippen molar-refractivity contribution in [2.24, 2.45) is 0 Å².